The summed E-state index contributed by atoms with van der Waals surface area (Å²) in [6.07, 6.45) is 2.51. The van der Waals surface area contributed by atoms with Crippen LogP contribution in [0.25, 0.3) is 0 Å². The van der Waals surface area contributed by atoms with Crippen LogP contribution >= 0.6 is 0 Å². The van der Waals surface area contributed by atoms with E-state index in [1.807, 2.05) is 42.2 Å². The number of rotatable bonds is 2. The molecule has 0 radical (unpaired) electrons. The second-order valence-corrected chi connectivity index (χ2v) is 5.52. The van der Waals surface area contributed by atoms with E-state index in [0.717, 1.165) is 18.4 Å². The summed E-state index contributed by atoms with van der Waals surface area (Å²) in [5, 5.41) is 2.90. The van der Waals surface area contributed by atoms with Gasteiger partial charge in [0, 0.05) is 19.0 Å². The van der Waals surface area contributed by atoms with Gasteiger partial charge in [-0.2, -0.15) is 0 Å². The predicted molar refractivity (Wildman–Crippen MR) is 71.3 cm³/mol. The third-order valence-corrected chi connectivity index (χ3v) is 4.00. The minimum atomic E-state index is -0.933. The molecule has 1 aromatic carbocycles. The lowest BCUT2D eigenvalue weighted by atomic mass is 9.90. The van der Waals surface area contributed by atoms with Gasteiger partial charge in [0.1, 0.15) is 5.54 Å². The van der Waals surface area contributed by atoms with Gasteiger partial charge in [-0.1, -0.05) is 30.3 Å². The summed E-state index contributed by atoms with van der Waals surface area (Å²) in [6.45, 7) is 2.35. The number of carbonyl (C=O) groups excluding carboxylic acids is 2. The smallest absolute Gasteiger partial charge is 0.252 e. The number of nitrogens with zero attached hydrogens (tertiary/aromatic N) is 1. The van der Waals surface area contributed by atoms with Gasteiger partial charge < -0.3 is 10.2 Å². The quantitative estimate of drug-likeness (QED) is 0.872. The van der Waals surface area contributed by atoms with Gasteiger partial charge >= 0.3 is 0 Å². The van der Waals surface area contributed by atoms with Crippen LogP contribution in [0.3, 0.4) is 0 Å². The molecule has 4 heteroatoms. The SMILES string of the molecule is CC1(c2ccccc2)NC(=O)CCN(C2CC2)C1=O. The molecular formula is C15H18N2O2. The molecule has 1 N–H and O–H groups in total. The van der Waals surface area contributed by atoms with Crippen LogP contribution in [-0.2, 0) is 15.1 Å². The van der Waals surface area contributed by atoms with E-state index in [0.29, 0.717) is 19.0 Å². The van der Waals surface area contributed by atoms with Crippen molar-refractivity contribution >= 4 is 11.8 Å². The number of nitrogens with one attached hydrogen (secondary N) is 1. The van der Waals surface area contributed by atoms with Crippen LogP contribution in [-0.4, -0.2) is 29.3 Å². The van der Waals surface area contributed by atoms with Gasteiger partial charge in [-0.3, -0.25) is 9.59 Å². The van der Waals surface area contributed by atoms with Crippen LogP contribution in [0.5, 0.6) is 0 Å². The molecule has 1 unspecified atom stereocenters. The number of hydrogen-bond acceptors (Lipinski definition) is 2. The molecule has 0 spiro atoms. The molecule has 1 saturated heterocycles. The van der Waals surface area contributed by atoms with Crippen molar-refractivity contribution in [3.8, 4) is 0 Å². The van der Waals surface area contributed by atoms with Crippen LogP contribution in [0.15, 0.2) is 30.3 Å². The van der Waals surface area contributed by atoms with E-state index in [1.54, 1.807) is 0 Å². The molecule has 19 heavy (non-hydrogen) atoms. The van der Waals surface area contributed by atoms with Crippen LogP contribution in [0, 0.1) is 0 Å². The van der Waals surface area contributed by atoms with Crippen molar-refractivity contribution in [2.45, 2.75) is 37.8 Å². The minimum Gasteiger partial charge on any atom is -0.338 e. The summed E-state index contributed by atoms with van der Waals surface area (Å²) < 4.78 is 0. The van der Waals surface area contributed by atoms with E-state index in [-0.39, 0.29) is 11.8 Å². The molecule has 2 fully saturated rings. The van der Waals surface area contributed by atoms with Gasteiger partial charge in [0.25, 0.3) is 5.91 Å². The summed E-state index contributed by atoms with van der Waals surface area (Å²) in [5.41, 5.74) is -0.0850. The Morgan fingerprint density at radius 1 is 1.21 bits per heavy atom. The fourth-order valence-electron chi connectivity index (χ4n) is 2.71. The van der Waals surface area contributed by atoms with Crippen molar-refractivity contribution in [1.29, 1.82) is 0 Å². The first kappa shape index (κ1) is 12.2. The molecule has 0 bridgehead atoms. The Hall–Kier alpha value is -1.84. The monoisotopic (exact) mass is 258 g/mol. The Balaban J connectivity index is 2.00. The summed E-state index contributed by atoms with van der Waals surface area (Å²) in [4.78, 5) is 26.6. The van der Waals surface area contributed by atoms with Gasteiger partial charge in [0.15, 0.2) is 0 Å². The molecule has 3 rings (SSSR count). The van der Waals surface area contributed by atoms with Gasteiger partial charge in [0.05, 0.1) is 0 Å². The van der Waals surface area contributed by atoms with Crippen molar-refractivity contribution < 1.29 is 9.59 Å². The maximum Gasteiger partial charge on any atom is 0.252 e. The largest absolute Gasteiger partial charge is 0.338 e. The van der Waals surface area contributed by atoms with E-state index >= 15 is 0 Å². The molecule has 1 aliphatic heterocycles. The van der Waals surface area contributed by atoms with E-state index < -0.39 is 5.54 Å². The second kappa shape index (κ2) is 4.37. The van der Waals surface area contributed by atoms with Gasteiger partial charge in [-0.05, 0) is 25.3 Å². The first-order valence-corrected chi connectivity index (χ1v) is 6.79. The third-order valence-electron chi connectivity index (χ3n) is 4.00. The molecule has 100 valence electrons. The number of carbonyl (C=O) groups is 2. The van der Waals surface area contributed by atoms with Crippen molar-refractivity contribution in [2.24, 2.45) is 0 Å². The lowest BCUT2D eigenvalue weighted by molar-refractivity contribution is -0.139. The highest BCUT2D eigenvalue weighted by atomic mass is 16.2. The Kier molecular flexibility index (Phi) is 2.81. The molecule has 2 aliphatic rings. The van der Waals surface area contributed by atoms with E-state index in [9.17, 15) is 9.59 Å². The Bertz CT molecular complexity index is 510. The highest BCUT2D eigenvalue weighted by Gasteiger charge is 2.46. The first-order valence-electron chi connectivity index (χ1n) is 6.79. The normalized spacial score (nSPS) is 27.9. The molecule has 1 saturated carbocycles. The van der Waals surface area contributed by atoms with E-state index in [1.165, 1.54) is 0 Å². The Morgan fingerprint density at radius 2 is 1.89 bits per heavy atom. The molecule has 4 nitrogen and oxygen atoms in total. The van der Waals surface area contributed by atoms with Gasteiger partial charge in [-0.15, -0.1) is 0 Å². The van der Waals surface area contributed by atoms with Crippen molar-refractivity contribution in [1.82, 2.24) is 10.2 Å². The van der Waals surface area contributed by atoms with Gasteiger partial charge in [0.2, 0.25) is 5.91 Å². The maximum atomic E-state index is 12.8. The standard InChI is InChI=1S/C15H18N2O2/c1-15(11-5-3-2-4-6-11)14(19)17(12-7-8-12)10-9-13(18)16-15/h2-6,12H,7-10H2,1H3,(H,16,18). The Morgan fingerprint density at radius 3 is 2.53 bits per heavy atom. The average molecular weight is 258 g/mol. The molecule has 2 amide bonds. The zero-order valence-electron chi connectivity index (χ0n) is 11.1. The number of amides is 2. The summed E-state index contributed by atoms with van der Waals surface area (Å²) >= 11 is 0. The fraction of sp³-hybridized carbons (Fsp3) is 0.467. The zero-order valence-corrected chi connectivity index (χ0v) is 11.1. The van der Waals surface area contributed by atoms with E-state index in [2.05, 4.69) is 5.32 Å². The zero-order chi connectivity index (χ0) is 13.5. The van der Waals surface area contributed by atoms with Crippen LogP contribution in [0.1, 0.15) is 31.7 Å². The second-order valence-electron chi connectivity index (χ2n) is 5.52. The minimum absolute atomic E-state index is 0.0204. The van der Waals surface area contributed by atoms with Crippen LogP contribution in [0.2, 0.25) is 0 Å². The topological polar surface area (TPSA) is 49.4 Å². The van der Waals surface area contributed by atoms with Crippen molar-refractivity contribution in [3.63, 3.8) is 0 Å². The van der Waals surface area contributed by atoms with Crippen LogP contribution in [0.4, 0.5) is 0 Å². The fourth-order valence-corrected chi connectivity index (χ4v) is 2.71. The molecule has 1 aromatic rings. The predicted octanol–water partition coefficient (Wildman–Crippen LogP) is 1.41. The molecule has 0 aromatic heterocycles. The number of benzene rings is 1. The summed E-state index contributed by atoms with van der Waals surface area (Å²) in [5.74, 6) is -0.0325. The first-order chi connectivity index (χ1) is 9.11. The maximum absolute atomic E-state index is 12.8. The molecule has 1 heterocycles. The Labute approximate surface area is 112 Å². The highest BCUT2D eigenvalue weighted by molar-refractivity contribution is 5.94. The van der Waals surface area contributed by atoms with Crippen molar-refractivity contribution in [2.75, 3.05) is 6.54 Å². The lowest BCUT2D eigenvalue weighted by Gasteiger charge is -2.32. The van der Waals surface area contributed by atoms with Gasteiger partial charge in [-0.25, -0.2) is 0 Å². The summed E-state index contributed by atoms with van der Waals surface area (Å²) in [6, 6.07) is 9.83. The number of hydrogen-bond donors (Lipinski definition) is 1. The lowest BCUT2D eigenvalue weighted by Crippen LogP contribution is -2.53. The molecular weight excluding hydrogens is 240 g/mol. The molecule has 1 aliphatic carbocycles. The average Bonchev–Trinajstić information content (AvgIpc) is 3.23. The highest BCUT2D eigenvalue weighted by Crippen LogP contribution is 2.33. The molecule has 1 atom stereocenters. The van der Waals surface area contributed by atoms with E-state index in [4.69, 9.17) is 0 Å². The van der Waals surface area contributed by atoms with Crippen molar-refractivity contribution in [3.05, 3.63) is 35.9 Å². The third kappa shape index (κ3) is 2.11. The summed E-state index contributed by atoms with van der Waals surface area (Å²) in [7, 11) is 0. The van der Waals surface area contributed by atoms with Crippen LogP contribution < -0.4 is 5.32 Å².